The lowest BCUT2D eigenvalue weighted by atomic mass is 9.86. The molecule has 20 heavy (non-hydrogen) atoms. The van der Waals surface area contributed by atoms with E-state index in [0.29, 0.717) is 5.75 Å². The molecular formula is C16H14O4. The Bertz CT molecular complexity index is 663. The highest BCUT2D eigenvalue weighted by atomic mass is 16.5. The summed E-state index contributed by atoms with van der Waals surface area (Å²) in [5, 5.41) is 9.52. The van der Waals surface area contributed by atoms with Gasteiger partial charge in [0.1, 0.15) is 17.2 Å². The third-order valence-electron chi connectivity index (χ3n) is 3.48. The Balaban J connectivity index is 2.13. The van der Waals surface area contributed by atoms with E-state index < -0.39 is 0 Å². The Hall–Kier alpha value is -2.49. The number of hydrogen-bond acceptors (Lipinski definition) is 4. The zero-order valence-corrected chi connectivity index (χ0v) is 11.0. The average Bonchev–Trinajstić information content (AvgIpc) is 2.45. The number of fused-ring (bicyclic) bond motifs is 1. The number of aromatic hydroxyl groups is 1. The first-order chi connectivity index (χ1) is 9.69. The first-order valence-corrected chi connectivity index (χ1v) is 6.35. The van der Waals surface area contributed by atoms with Gasteiger partial charge in [-0.3, -0.25) is 4.79 Å². The summed E-state index contributed by atoms with van der Waals surface area (Å²) in [4.78, 5) is 11.8. The number of methoxy groups -OCH3 is 1. The fraction of sp³-hybridized carbons (Fsp3) is 0.188. The maximum atomic E-state index is 11.8. The molecule has 0 bridgehead atoms. The maximum Gasteiger partial charge on any atom is 0.312 e. The summed E-state index contributed by atoms with van der Waals surface area (Å²) in [6.07, 6.45) is 0.262. The number of carbonyl (C=O) groups excluding carboxylic acids is 1. The molecular weight excluding hydrogens is 256 g/mol. The van der Waals surface area contributed by atoms with Gasteiger partial charge in [0, 0.05) is 23.1 Å². The predicted octanol–water partition coefficient (Wildman–Crippen LogP) is 2.84. The first-order valence-electron chi connectivity index (χ1n) is 6.35. The molecule has 0 spiro atoms. The summed E-state index contributed by atoms with van der Waals surface area (Å²) in [5.74, 6) is 0.808. The van der Waals surface area contributed by atoms with E-state index in [1.54, 1.807) is 19.2 Å². The molecule has 2 aromatic rings. The number of benzene rings is 2. The number of carbonyl (C=O) groups is 1. The van der Waals surface area contributed by atoms with E-state index >= 15 is 0 Å². The topological polar surface area (TPSA) is 55.8 Å². The zero-order chi connectivity index (χ0) is 14.1. The van der Waals surface area contributed by atoms with Crippen molar-refractivity contribution >= 4 is 5.97 Å². The van der Waals surface area contributed by atoms with Gasteiger partial charge in [-0.1, -0.05) is 24.3 Å². The second-order valence-corrected chi connectivity index (χ2v) is 4.69. The summed E-state index contributed by atoms with van der Waals surface area (Å²) in [7, 11) is 1.61. The van der Waals surface area contributed by atoms with Gasteiger partial charge in [0.05, 0.1) is 13.5 Å². The minimum absolute atomic E-state index is 0.0808. The van der Waals surface area contributed by atoms with E-state index in [2.05, 4.69) is 0 Å². The van der Waals surface area contributed by atoms with Crippen LogP contribution < -0.4 is 9.47 Å². The zero-order valence-electron chi connectivity index (χ0n) is 11.0. The van der Waals surface area contributed by atoms with Crippen LogP contribution in [0.25, 0.3) is 0 Å². The number of para-hydroxylation sites is 1. The molecule has 4 nitrogen and oxygen atoms in total. The van der Waals surface area contributed by atoms with Crippen molar-refractivity contribution in [1.82, 2.24) is 0 Å². The Kier molecular flexibility index (Phi) is 3.06. The first kappa shape index (κ1) is 12.5. The van der Waals surface area contributed by atoms with Crippen LogP contribution in [0.1, 0.15) is 23.5 Å². The number of esters is 1. The van der Waals surface area contributed by atoms with Crippen LogP contribution in [-0.4, -0.2) is 18.2 Å². The molecule has 1 aliphatic heterocycles. The van der Waals surface area contributed by atoms with E-state index in [0.717, 1.165) is 16.9 Å². The van der Waals surface area contributed by atoms with Gasteiger partial charge >= 0.3 is 5.97 Å². The normalized spacial score (nSPS) is 17.2. The fourth-order valence-corrected chi connectivity index (χ4v) is 2.57. The highest BCUT2D eigenvalue weighted by Crippen LogP contribution is 2.42. The third-order valence-corrected chi connectivity index (χ3v) is 3.48. The van der Waals surface area contributed by atoms with Crippen LogP contribution in [0.2, 0.25) is 0 Å². The lowest BCUT2D eigenvalue weighted by molar-refractivity contribution is -0.135. The lowest BCUT2D eigenvalue weighted by Crippen LogP contribution is -2.21. The van der Waals surface area contributed by atoms with Crippen molar-refractivity contribution in [2.24, 2.45) is 0 Å². The van der Waals surface area contributed by atoms with E-state index in [9.17, 15) is 9.90 Å². The molecule has 0 aromatic heterocycles. The summed E-state index contributed by atoms with van der Waals surface area (Å²) >= 11 is 0. The van der Waals surface area contributed by atoms with Gasteiger partial charge < -0.3 is 14.6 Å². The molecule has 1 aliphatic rings. The fourth-order valence-electron chi connectivity index (χ4n) is 2.57. The second kappa shape index (κ2) is 4.89. The largest absolute Gasteiger partial charge is 0.508 e. The minimum Gasteiger partial charge on any atom is -0.508 e. The molecule has 0 unspecified atom stereocenters. The number of hydrogen-bond donors (Lipinski definition) is 1. The molecule has 1 heterocycles. The van der Waals surface area contributed by atoms with Crippen LogP contribution in [0.15, 0.2) is 42.5 Å². The molecule has 0 amide bonds. The Morgan fingerprint density at radius 2 is 2.00 bits per heavy atom. The lowest BCUT2D eigenvalue weighted by Gasteiger charge is -2.26. The molecule has 1 N–H and O–H groups in total. The van der Waals surface area contributed by atoms with E-state index in [4.69, 9.17) is 9.47 Å². The Morgan fingerprint density at radius 1 is 1.20 bits per heavy atom. The molecule has 0 radical (unpaired) electrons. The van der Waals surface area contributed by atoms with Crippen LogP contribution in [0.4, 0.5) is 0 Å². The smallest absolute Gasteiger partial charge is 0.312 e. The number of phenolic OH excluding ortho intramolecular Hbond substituents is 1. The average molecular weight is 270 g/mol. The van der Waals surface area contributed by atoms with E-state index in [-0.39, 0.29) is 24.1 Å². The van der Waals surface area contributed by atoms with Crippen molar-refractivity contribution in [2.45, 2.75) is 12.3 Å². The Morgan fingerprint density at radius 3 is 2.80 bits per heavy atom. The van der Waals surface area contributed by atoms with Crippen molar-refractivity contribution in [2.75, 3.05) is 7.11 Å². The van der Waals surface area contributed by atoms with E-state index in [1.807, 2.05) is 24.3 Å². The number of phenols is 1. The molecule has 0 fully saturated rings. The Labute approximate surface area is 116 Å². The summed E-state index contributed by atoms with van der Waals surface area (Å²) in [6, 6.07) is 12.5. The van der Waals surface area contributed by atoms with Gasteiger partial charge in [-0.05, 0) is 12.1 Å². The summed E-state index contributed by atoms with van der Waals surface area (Å²) < 4.78 is 10.6. The van der Waals surface area contributed by atoms with Crippen molar-refractivity contribution < 1.29 is 19.4 Å². The highest BCUT2D eigenvalue weighted by Gasteiger charge is 2.30. The molecule has 4 heteroatoms. The van der Waals surface area contributed by atoms with E-state index in [1.165, 1.54) is 6.07 Å². The molecule has 0 aliphatic carbocycles. The minimum atomic E-state index is -0.306. The van der Waals surface area contributed by atoms with Gasteiger partial charge in [0.25, 0.3) is 0 Å². The van der Waals surface area contributed by atoms with Gasteiger partial charge in [0.15, 0.2) is 0 Å². The summed E-state index contributed by atoms with van der Waals surface area (Å²) in [5.41, 5.74) is 1.82. The maximum absolute atomic E-state index is 11.8. The standard InChI is InChI=1S/C16H14O4/c1-19-14-5-3-2-4-11(14)13-9-16(18)20-15-8-10(17)6-7-12(13)15/h2-8,13,17H,9H2,1H3/t13-/m1/s1. The molecule has 2 aromatic carbocycles. The molecule has 1 atom stereocenters. The van der Waals surface area contributed by atoms with Crippen LogP contribution in [0.3, 0.4) is 0 Å². The van der Waals surface area contributed by atoms with Gasteiger partial charge in [0.2, 0.25) is 0 Å². The van der Waals surface area contributed by atoms with Crippen molar-refractivity contribution in [3.05, 3.63) is 53.6 Å². The second-order valence-electron chi connectivity index (χ2n) is 4.69. The van der Waals surface area contributed by atoms with Gasteiger partial charge in [-0.25, -0.2) is 0 Å². The molecule has 3 rings (SSSR count). The van der Waals surface area contributed by atoms with Crippen LogP contribution in [0.5, 0.6) is 17.2 Å². The number of ether oxygens (including phenoxy) is 2. The van der Waals surface area contributed by atoms with Crippen molar-refractivity contribution in [3.63, 3.8) is 0 Å². The SMILES string of the molecule is COc1ccccc1[C@H]1CC(=O)Oc2cc(O)ccc21. The number of rotatable bonds is 2. The molecule has 0 saturated carbocycles. The summed E-state index contributed by atoms with van der Waals surface area (Å²) in [6.45, 7) is 0. The van der Waals surface area contributed by atoms with Crippen LogP contribution >= 0.6 is 0 Å². The van der Waals surface area contributed by atoms with Crippen molar-refractivity contribution in [3.8, 4) is 17.2 Å². The predicted molar refractivity (Wildman–Crippen MR) is 73.2 cm³/mol. The highest BCUT2D eigenvalue weighted by molar-refractivity contribution is 5.78. The van der Waals surface area contributed by atoms with Gasteiger partial charge in [-0.2, -0.15) is 0 Å². The molecule has 102 valence electrons. The van der Waals surface area contributed by atoms with Crippen LogP contribution in [-0.2, 0) is 4.79 Å². The molecule has 0 saturated heterocycles. The third kappa shape index (κ3) is 2.09. The quantitative estimate of drug-likeness (QED) is 0.673. The van der Waals surface area contributed by atoms with Crippen molar-refractivity contribution in [1.29, 1.82) is 0 Å². The monoisotopic (exact) mass is 270 g/mol. The van der Waals surface area contributed by atoms with Gasteiger partial charge in [-0.15, -0.1) is 0 Å². The van der Waals surface area contributed by atoms with Crippen LogP contribution in [0, 0.1) is 0 Å².